The number of fused-ring (bicyclic) bond motifs is 1. The van der Waals surface area contributed by atoms with Crippen molar-refractivity contribution in [1.82, 2.24) is 4.90 Å². The zero-order valence-electron chi connectivity index (χ0n) is 15.3. The van der Waals surface area contributed by atoms with Crippen LogP contribution in [0.5, 0.6) is 5.75 Å². The molecule has 0 radical (unpaired) electrons. The van der Waals surface area contributed by atoms with Crippen LogP contribution in [0.15, 0.2) is 42.5 Å². The van der Waals surface area contributed by atoms with E-state index in [-0.39, 0.29) is 18.5 Å². The molecule has 26 heavy (non-hydrogen) atoms. The van der Waals surface area contributed by atoms with Gasteiger partial charge in [-0.25, -0.2) is 0 Å². The molecule has 140 valence electrons. The van der Waals surface area contributed by atoms with Crippen LogP contribution in [0.3, 0.4) is 0 Å². The van der Waals surface area contributed by atoms with Crippen molar-refractivity contribution in [3.8, 4) is 5.75 Å². The van der Waals surface area contributed by atoms with Gasteiger partial charge >= 0.3 is 5.97 Å². The number of benzene rings is 2. The van der Waals surface area contributed by atoms with Crippen LogP contribution >= 0.6 is 0 Å². The van der Waals surface area contributed by atoms with Gasteiger partial charge in [0.25, 0.3) is 0 Å². The van der Waals surface area contributed by atoms with Crippen LogP contribution in [0.1, 0.15) is 19.8 Å². The van der Waals surface area contributed by atoms with Gasteiger partial charge in [0, 0.05) is 13.1 Å². The van der Waals surface area contributed by atoms with Gasteiger partial charge in [0.05, 0.1) is 12.5 Å². The summed E-state index contributed by atoms with van der Waals surface area (Å²) in [5.74, 6) is 0.544. The molecule has 0 aliphatic carbocycles. The highest BCUT2D eigenvalue weighted by atomic mass is 16.5. The lowest BCUT2D eigenvalue weighted by Gasteiger charge is -2.32. The van der Waals surface area contributed by atoms with Gasteiger partial charge in [-0.1, -0.05) is 30.3 Å². The number of ether oxygens (including phenoxy) is 2. The number of carbonyl (C=O) groups excluding carboxylic acids is 1. The van der Waals surface area contributed by atoms with E-state index in [1.165, 1.54) is 5.39 Å². The Bertz CT molecular complexity index is 733. The standard InChI is InChI=1S/C21H27NO4/c1-2-25-21(24)18-8-5-11-22(13-18)14-19(23)15-26-20-10-9-16-6-3-4-7-17(16)12-20/h3-4,6-7,9-10,12,18-19,23H,2,5,8,11,13-15H2,1H3/t18-,19-/m0/s1. The summed E-state index contributed by atoms with van der Waals surface area (Å²) in [6.07, 6.45) is 1.21. The summed E-state index contributed by atoms with van der Waals surface area (Å²) in [7, 11) is 0. The van der Waals surface area contributed by atoms with Gasteiger partial charge < -0.3 is 14.6 Å². The van der Waals surface area contributed by atoms with Crippen molar-refractivity contribution in [2.24, 2.45) is 5.92 Å². The Balaban J connectivity index is 1.48. The van der Waals surface area contributed by atoms with E-state index in [1.54, 1.807) is 0 Å². The Kier molecular flexibility index (Phi) is 6.47. The van der Waals surface area contributed by atoms with Gasteiger partial charge in [-0.3, -0.25) is 9.69 Å². The molecule has 5 nitrogen and oxygen atoms in total. The average Bonchev–Trinajstić information content (AvgIpc) is 2.66. The minimum atomic E-state index is -0.595. The van der Waals surface area contributed by atoms with Crippen LogP contribution in [-0.2, 0) is 9.53 Å². The second-order valence-corrected chi connectivity index (χ2v) is 6.82. The fourth-order valence-electron chi connectivity index (χ4n) is 3.47. The molecule has 1 N–H and O–H groups in total. The first-order valence-electron chi connectivity index (χ1n) is 9.34. The molecule has 0 unspecified atom stereocenters. The maximum absolute atomic E-state index is 11.9. The average molecular weight is 357 g/mol. The minimum absolute atomic E-state index is 0.0858. The second-order valence-electron chi connectivity index (χ2n) is 6.82. The smallest absolute Gasteiger partial charge is 0.310 e. The zero-order valence-corrected chi connectivity index (χ0v) is 15.3. The summed E-state index contributed by atoms with van der Waals surface area (Å²) >= 11 is 0. The van der Waals surface area contributed by atoms with Crippen LogP contribution in [-0.4, -0.2) is 54.9 Å². The number of hydrogen-bond donors (Lipinski definition) is 1. The number of nitrogens with zero attached hydrogens (tertiary/aromatic N) is 1. The van der Waals surface area contributed by atoms with Crippen LogP contribution in [0.2, 0.25) is 0 Å². The van der Waals surface area contributed by atoms with Gasteiger partial charge in [0.1, 0.15) is 18.5 Å². The molecule has 0 saturated carbocycles. The van der Waals surface area contributed by atoms with Gasteiger partial charge in [-0.2, -0.15) is 0 Å². The molecule has 1 heterocycles. The van der Waals surface area contributed by atoms with E-state index in [1.807, 2.05) is 43.3 Å². The van der Waals surface area contributed by atoms with E-state index in [0.29, 0.717) is 19.7 Å². The first-order chi connectivity index (χ1) is 12.7. The lowest BCUT2D eigenvalue weighted by atomic mass is 9.98. The molecule has 1 saturated heterocycles. The normalized spacial score (nSPS) is 19.2. The van der Waals surface area contributed by atoms with Crippen LogP contribution in [0.4, 0.5) is 0 Å². The number of carbonyl (C=O) groups is 1. The quantitative estimate of drug-likeness (QED) is 0.772. The molecule has 5 heteroatoms. The molecule has 1 aliphatic heterocycles. The van der Waals surface area contributed by atoms with Crippen molar-refractivity contribution in [2.45, 2.75) is 25.9 Å². The van der Waals surface area contributed by atoms with E-state index >= 15 is 0 Å². The summed E-state index contributed by atoms with van der Waals surface area (Å²) in [6, 6.07) is 14.0. The number of piperidine rings is 1. The van der Waals surface area contributed by atoms with E-state index in [2.05, 4.69) is 11.0 Å². The largest absolute Gasteiger partial charge is 0.491 e. The molecule has 2 atom stereocenters. The first-order valence-corrected chi connectivity index (χ1v) is 9.34. The third-order valence-electron chi connectivity index (χ3n) is 4.76. The van der Waals surface area contributed by atoms with Crippen molar-refractivity contribution in [2.75, 3.05) is 32.8 Å². The van der Waals surface area contributed by atoms with Crippen molar-refractivity contribution in [1.29, 1.82) is 0 Å². The third-order valence-corrected chi connectivity index (χ3v) is 4.76. The topological polar surface area (TPSA) is 59.0 Å². The first kappa shape index (κ1) is 18.7. The van der Waals surface area contributed by atoms with E-state index in [9.17, 15) is 9.90 Å². The molecule has 0 amide bonds. The molecule has 2 aromatic rings. The maximum Gasteiger partial charge on any atom is 0.310 e. The van der Waals surface area contributed by atoms with Crippen molar-refractivity contribution in [3.05, 3.63) is 42.5 Å². The SMILES string of the molecule is CCOC(=O)[C@H]1CCCN(C[C@H](O)COc2ccc3ccccc3c2)C1. The van der Waals surface area contributed by atoms with Gasteiger partial charge in [0.15, 0.2) is 0 Å². The lowest BCUT2D eigenvalue weighted by molar-refractivity contribution is -0.150. The van der Waals surface area contributed by atoms with E-state index < -0.39 is 6.10 Å². The predicted octanol–water partition coefficient (Wildman–Crippen LogP) is 2.85. The molecular formula is C21H27NO4. The molecule has 1 fully saturated rings. The number of likely N-dealkylation sites (tertiary alicyclic amines) is 1. The highest BCUT2D eigenvalue weighted by molar-refractivity contribution is 5.83. The maximum atomic E-state index is 11.9. The van der Waals surface area contributed by atoms with Crippen LogP contribution in [0, 0.1) is 5.92 Å². The number of hydrogen-bond acceptors (Lipinski definition) is 5. The summed E-state index contributed by atoms with van der Waals surface area (Å²) in [5, 5.41) is 12.6. The summed E-state index contributed by atoms with van der Waals surface area (Å²) in [6.45, 7) is 4.52. The summed E-state index contributed by atoms with van der Waals surface area (Å²) in [5.41, 5.74) is 0. The summed E-state index contributed by atoms with van der Waals surface area (Å²) in [4.78, 5) is 14.0. The van der Waals surface area contributed by atoms with Gasteiger partial charge in [0.2, 0.25) is 0 Å². The van der Waals surface area contributed by atoms with Gasteiger partial charge in [-0.15, -0.1) is 0 Å². The minimum Gasteiger partial charge on any atom is -0.491 e. The molecule has 0 bridgehead atoms. The van der Waals surface area contributed by atoms with E-state index in [4.69, 9.17) is 9.47 Å². The Labute approximate surface area is 154 Å². The molecule has 2 aromatic carbocycles. The monoisotopic (exact) mass is 357 g/mol. The Morgan fingerprint density at radius 1 is 1.27 bits per heavy atom. The second kappa shape index (κ2) is 9.01. The summed E-state index contributed by atoms with van der Waals surface area (Å²) < 4.78 is 10.9. The van der Waals surface area contributed by atoms with Crippen LogP contribution in [0.25, 0.3) is 10.8 Å². The molecule has 1 aliphatic rings. The van der Waals surface area contributed by atoms with Crippen molar-refractivity contribution < 1.29 is 19.4 Å². The molecular weight excluding hydrogens is 330 g/mol. The number of esters is 1. The molecule has 0 spiro atoms. The molecule has 3 rings (SSSR count). The molecule has 0 aromatic heterocycles. The fourth-order valence-corrected chi connectivity index (χ4v) is 3.47. The highest BCUT2D eigenvalue weighted by Crippen LogP contribution is 2.21. The Hall–Kier alpha value is -2.11. The van der Waals surface area contributed by atoms with Gasteiger partial charge in [-0.05, 0) is 49.2 Å². The Morgan fingerprint density at radius 3 is 2.88 bits per heavy atom. The fraction of sp³-hybridized carbons (Fsp3) is 0.476. The highest BCUT2D eigenvalue weighted by Gasteiger charge is 2.27. The zero-order chi connectivity index (χ0) is 18.4. The number of aliphatic hydroxyl groups excluding tert-OH is 1. The van der Waals surface area contributed by atoms with E-state index in [0.717, 1.165) is 30.5 Å². The number of aliphatic hydroxyl groups is 1. The van der Waals surface area contributed by atoms with Crippen molar-refractivity contribution >= 4 is 16.7 Å². The van der Waals surface area contributed by atoms with Crippen molar-refractivity contribution in [3.63, 3.8) is 0 Å². The van der Waals surface area contributed by atoms with Crippen LogP contribution < -0.4 is 4.74 Å². The lowest BCUT2D eigenvalue weighted by Crippen LogP contribution is -2.44. The number of rotatable bonds is 7. The third kappa shape index (κ3) is 4.96. The predicted molar refractivity (Wildman–Crippen MR) is 101 cm³/mol. The Morgan fingerprint density at radius 2 is 2.08 bits per heavy atom. The number of β-amino-alcohol motifs (C(OH)–C–C–N with tert-alkyl or cyclic N) is 1.